The Kier molecular flexibility index (Phi) is 5.55. The van der Waals surface area contributed by atoms with E-state index in [-0.39, 0.29) is 17.4 Å². The predicted molar refractivity (Wildman–Crippen MR) is 91.7 cm³/mol. The Morgan fingerprint density at radius 3 is 2.69 bits per heavy atom. The van der Waals surface area contributed by atoms with Crippen molar-refractivity contribution >= 4 is 23.4 Å². The number of carbonyl (C=O) groups excluding carboxylic acids is 1. The third-order valence-electron chi connectivity index (χ3n) is 3.53. The number of anilines is 1. The first kappa shape index (κ1) is 18.4. The predicted octanol–water partition coefficient (Wildman–Crippen LogP) is 4.12. The second-order valence-electron chi connectivity index (χ2n) is 5.49. The van der Waals surface area contributed by atoms with Gasteiger partial charge in [-0.15, -0.1) is 13.2 Å². The summed E-state index contributed by atoms with van der Waals surface area (Å²) < 4.78 is 46.9. The number of carbonyl (C=O) groups is 1. The van der Waals surface area contributed by atoms with Crippen molar-refractivity contribution in [1.82, 2.24) is 4.98 Å². The van der Waals surface area contributed by atoms with Gasteiger partial charge in [0, 0.05) is 18.0 Å². The van der Waals surface area contributed by atoms with Gasteiger partial charge in [0.2, 0.25) is 5.88 Å². The average Bonchev–Trinajstić information content (AvgIpc) is 3.09. The number of benzene rings is 1. The first-order valence-electron chi connectivity index (χ1n) is 7.77. The van der Waals surface area contributed by atoms with E-state index in [1.807, 2.05) is 11.8 Å². The number of nitrogens with zero attached hydrogens (tertiary/aromatic N) is 1. The Bertz CT molecular complexity index is 763. The highest BCUT2D eigenvalue weighted by molar-refractivity contribution is 7.99. The van der Waals surface area contributed by atoms with Crippen LogP contribution >= 0.6 is 11.8 Å². The van der Waals surface area contributed by atoms with Gasteiger partial charge >= 0.3 is 6.36 Å². The first-order valence-corrected chi connectivity index (χ1v) is 8.93. The van der Waals surface area contributed by atoms with Crippen molar-refractivity contribution in [2.24, 2.45) is 0 Å². The van der Waals surface area contributed by atoms with Crippen LogP contribution in [0, 0.1) is 0 Å². The lowest BCUT2D eigenvalue weighted by molar-refractivity contribution is -0.274. The van der Waals surface area contributed by atoms with Gasteiger partial charge in [-0.2, -0.15) is 11.8 Å². The fraction of sp³-hybridized carbons (Fsp3) is 0.294. The maximum absolute atomic E-state index is 12.4. The largest absolute Gasteiger partial charge is 0.573 e. The van der Waals surface area contributed by atoms with E-state index in [2.05, 4.69) is 15.0 Å². The second kappa shape index (κ2) is 7.86. The first-order chi connectivity index (χ1) is 12.4. The summed E-state index contributed by atoms with van der Waals surface area (Å²) in [6, 6.07) is 8.39. The second-order valence-corrected chi connectivity index (χ2v) is 6.64. The van der Waals surface area contributed by atoms with E-state index in [0.29, 0.717) is 5.88 Å². The molecule has 0 spiro atoms. The molecule has 0 radical (unpaired) electrons. The summed E-state index contributed by atoms with van der Waals surface area (Å²) in [6.45, 7) is 0. The van der Waals surface area contributed by atoms with Gasteiger partial charge in [0.25, 0.3) is 5.91 Å². The monoisotopic (exact) mass is 384 g/mol. The third-order valence-corrected chi connectivity index (χ3v) is 4.67. The number of ether oxygens (including phenoxy) is 2. The van der Waals surface area contributed by atoms with E-state index < -0.39 is 18.0 Å². The molecule has 1 aliphatic heterocycles. The standard InChI is InChI=1S/C17H15F3N2O3S/c18-17(19,20)25-14-4-2-1-3-13(14)22-16(23)11-5-6-15(21-9-11)24-12-7-8-26-10-12/h1-6,9,12H,7-8,10H2,(H,22,23). The number of alkyl halides is 3. The van der Waals surface area contributed by atoms with Crippen LogP contribution in [0.1, 0.15) is 16.8 Å². The number of aromatic nitrogens is 1. The van der Waals surface area contributed by atoms with Crippen molar-refractivity contribution in [2.45, 2.75) is 18.9 Å². The number of amides is 1. The molecule has 2 aromatic rings. The number of hydrogen-bond donors (Lipinski definition) is 1. The molecule has 1 fully saturated rings. The number of halogens is 3. The molecule has 0 saturated carbocycles. The van der Waals surface area contributed by atoms with Crippen LogP contribution in [-0.4, -0.2) is 34.9 Å². The SMILES string of the molecule is O=C(Nc1ccccc1OC(F)(F)F)c1ccc(OC2CCSC2)nc1. The Morgan fingerprint density at radius 1 is 1.23 bits per heavy atom. The summed E-state index contributed by atoms with van der Waals surface area (Å²) in [5, 5.41) is 2.39. The minimum Gasteiger partial charge on any atom is -0.473 e. The molecule has 9 heteroatoms. The molecule has 2 heterocycles. The molecule has 1 aromatic carbocycles. The Morgan fingerprint density at radius 2 is 2.04 bits per heavy atom. The minimum atomic E-state index is -4.85. The highest BCUT2D eigenvalue weighted by Crippen LogP contribution is 2.30. The van der Waals surface area contributed by atoms with Crippen molar-refractivity contribution < 1.29 is 27.4 Å². The third kappa shape index (κ3) is 5.04. The van der Waals surface area contributed by atoms with Gasteiger partial charge in [-0.1, -0.05) is 12.1 Å². The van der Waals surface area contributed by atoms with E-state index in [0.717, 1.165) is 24.0 Å². The van der Waals surface area contributed by atoms with E-state index in [9.17, 15) is 18.0 Å². The van der Waals surface area contributed by atoms with Gasteiger partial charge in [-0.25, -0.2) is 4.98 Å². The van der Waals surface area contributed by atoms with Crippen molar-refractivity contribution in [1.29, 1.82) is 0 Å². The fourth-order valence-electron chi connectivity index (χ4n) is 2.34. The quantitative estimate of drug-likeness (QED) is 0.841. The molecular formula is C17H15F3N2O3S. The number of pyridine rings is 1. The normalized spacial score (nSPS) is 17.0. The van der Waals surface area contributed by atoms with Crippen LogP contribution in [0.3, 0.4) is 0 Å². The van der Waals surface area contributed by atoms with Gasteiger partial charge < -0.3 is 14.8 Å². The van der Waals surface area contributed by atoms with Crippen molar-refractivity contribution in [3.05, 3.63) is 48.2 Å². The smallest absolute Gasteiger partial charge is 0.473 e. The van der Waals surface area contributed by atoms with Crippen LogP contribution in [0.25, 0.3) is 0 Å². The molecule has 0 aliphatic carbocycles. The molecule has 1 N–H and O–H groups in total. The molecule has 1 aliphatic rings. The summed E-state index contributed by atoms with van der Waals surface area (Å²) in [5.74, 6) is 1.28. The summed E-state index contributed by atoms with van der Waals surface area (Å²) in [5.41, 5.74) is 0.109. The van der Waals surface area contributed by atoms with E-state index >= 15 is 0 Å². The highest BCUT2D eigenvalue weighted by atomic mass is 32.2. The number of nitrogens with one attached hydrogen (secondary N) is 1. The Labute approximate surface area is 151 Å². The van der Waals surface area contributed by atoms with Gasteiger partial charge in [-0.3, -0.25) is 4.79 Å². The van der Waals surface area contributed by atoms with E-state index in [1.165, 1.54) is 30.5 Å². The Balaban J connectivity index is 1.66. The maximum Gasteiger partial charge on any atom is 0.573 e. The molecular weight excluding hydrogens is 369 g/mol. The summed E-state index contributed by atoms with van der Waals surface area (Å²) >= 11 is 1.81. The molecule has 1 aromatic heterocycles. The number of hydrogen-bond acceptors (Lipinski definition) is 5. The molecule has 5 nitrogen and oxygen atoms in total. The fourth-order valence-corrected chi connectivity index (χ4v) is 3.43. The minimum absolute atomic E-state index is 0.0851. The number of para-hydroxylation sites is 2. The van der Waals surface area contributed by atoms with Crippen molar-refractivity contribution in [3.63, 3.8) is 0 Å². The number of rotatable bonds is 5. The maximum atomic E-state index is 12.4. The van der Waals surface area contributed by atoms with Gasteiger partial charge in [0.1, 0.15) is 6.10 Å². The van der Waals surface area contributed by atoms with Gasteiger partial charge in [-0.05, 0) is 30.4 Å². The van der Waals surface area contributed by atoms with Crippen LogP contribution in [-0.2, 0) is 0 Å². The Hall–Kier alpha value is -2.42. The lowest BCUT2D eigenvalue weighted by atomic mass is 10.2. The zero-order chi connectivity index (χ0) is 18.6. The molecule has 1 amide bonds. The molecule has 26 heavy (non-hydrogen) atoms. The summed E-state index contributed by atoms with van der Waals surface area (Å²) in [6.07, 6.45) is -2.47. The molecule has 138 valence electrons. The molecule has 1 unspecified atom stereocenters. The number of thioether (sulfide) groups is 1. The molecule has 0 bridgehead atoms. The lowest BCUT2D eigenvalue weighted by Crippen LogP contribution is -2.19. The van der Waals surface area contributed by atoms with Crippen LogP contribution in [0.15, 0.2) is 42.6 Å². The van der Waals surface area contributed by atoms with Crippen LogP contribution in [0.2, 0.25) is 0 Å². The van der Waals surface area contributed by atoms with Crippen molar-refractivity contribution in [3.8, 4) is 11.6 Å². The summed E-state index contributed by atoms with van der Waals surface area (Å²) in [7, 11) is 0. The molecule has 3 rings (SSSR count). The van der Waals surface area contributed by atoms with Crippen LogP contribution in [0.5, 0.6) is 11.6 Å². The average molecular weight is 384 g/mol. The summed E-state index contributed by atoms with van der Waals surface area (Å²) in [4.78, 5) is 16.3. The van der Waals surface area contributed by atoms with Gasteiger partial charge in [0.15, 0.2) is 5.75 Å². The van der Waals surface area contributed by atoms with E-state index in [4.69, 9.17) is 4.74 Å². The topological polar surface area (TPSA) is 60.5 Å². The molecule has 1 saturated heterocycles. The highest BCUT2D eigenvalue weighted by Gasteiger charge is 2.32. The zero-order valence-corrected chi connectivity index (χ0v) is 14.3. The van der Waals surface area contributed by atoms with Crippen molar-refractivity contribution in [2.75, 3.05) is 16.8 Å². The van der Waals surface area contributed by atoms with Crippen LogP contribution in [0.4, 0.5) is 18.9 Å². The lowest BCUT2D eigenvalue weighted by Gasteiger charge is -2.14. The van der Waals surface area contributed by atoms with E-state index in [1.54, 1.807) is 6.07 Å². The zero-order valence-electron chi connectivity index (χ0n) is 13.5. The molecule has 1 atom stereocenters. The van der Waals surface area contributed by atoms with Crippen LogP contribution < -0.4 is 14.8 Å². The van der Waals surface area contributed by atoms with Gasteiger partial charge in [0.05, 0.1) is 11.3 Å².